The number of carboxylic acid groups (broad SMARTS) is 1. The van der Waals surface area contributed by atoms with Crippen LogP contribution in [-0.4, -0.2) is 48.7 Å². The second-order valence-corrected chi connectivity index (χ2v) is 17.9. The lowest BCUT2D eigenvalue weighted by molar-refractivity contribution is -0.274. The van der Waals surface area contributed by atoms with Crippen LogP contribution < -0.4 is 18.8 Å². The zero-order valence-electron chi connectivity index (χ0n) is 29.4. The molecule has 0 aliphatic rings. The first-order chi connectivity index (χ1) is 24.5. The number of ether oxygens (including phenoxy) is 2. The lowest BCUT2D eigenvalue weighted by Crippen LogP contribution is -2.43. The molecule has 0 saturated carbocycles. The smallest absolute Gasteiger partial charge is 0.543 e. The van der Waals surface area contributed by atoms with Gasteiger partial charge in [-0.25, -0.2) is 0 Å². The Kier molecular flexibility index (Phi) is 12.8. The lowest BCUT2D eigenvalue weighted by atomic mass is 10.1. The summed E-state index contributed by atoms with van der Waals surface area (Å²) in [6, 6.07) is 28.6. The molecule has 0 bridgehead atoms. The van der Waals surface area contributed by atoms with E-state index in [1.54, 1.807) is 36.4 Å². The van der Waals surface area contributed by atoms with Gasteiger partial charge in [-0.3, -0.25) is 9.59 Å². The zero-order valence-corrected chi connectivity index (χ0v) is 30.4. The molecule has 0 amide bonds. The van der Waals surface area contributed by atoms with Crippen molar-refractivity contribution in [1.29, 1.82) is 0 Å². The number of hydrogen-bond donors (Lipinski definition) is 1. The fourth-order valence-corrected chi connectivity index (χ4v) is 5.51. The topological polar surface area (TPSA) is 124 Å². The van der Waals surface area contributed by atoms with Crippen molar-refractivity contribution in [2.75, 3.05) is 11.4 Å². The van der Waals surface area contributed by atoms with Gasteiger partial charge in [-0.1, -0.05) is 74.5 Å². The molecule has 274 valence electrons. The minimum atomic E-state index is -4.86. The van der Waals surface area contributed by atoms with Gasteiger partial charge in [-0.2, -0.15) is 4.98 Å². The highest BCUT2D eigenvalue weighted by Gasteiger charge is 2.39. The Hall–Kier alpha value is -5.63. The third-order valence-corrected chi connectivity index (χ3v) is 12.4. The molecule has 0 aliphatic carbocycles. The number of aliphatic carboxylic acids is 1. The van der Waals surface area contributed by atoms with Gasteiger partial charge in [-0.05, 0) is 72.2 Å². The van der Waals surface area contributed by atoms with Crippen LogP contribution in [0.15, 0.2) is 108 Å². The van der Waals surface area contributed by atoms with Gasteiger partial charge in [0, 0.05) is 29.4 Å². The Labute approximate surface area is 300 Å². The molecule has 0 fully saturated rings. The fraction of sp³-hybridized carbons (Fsp3) is 0.263. The minimum Gasteiger partial charge on any atom is -0.543 e. The first-order valence-electron chi connectivity index (χ1n) is 16.2. The summed E-state index contributed by atoms with van der Waals surface area (Å²) >= 11 is 0. The number of carbonyl (C=O) groups excluding carboxylic acids is 1. The van der Waals surface area contributed by atoms with Crippen molar-refractivity contribution in [3.63, 3.8) is 0 Å². The lowest BCUT2D eigenvalue weighted by Gasteiger charge is -2.36. The van der Waals surface area contributed by atoms with Gasteiger partial charge >= 0.3 is 12.3 Å². The summed E-state index contributed by atoms with van der Waals surface area (Å²) in [5, 5.41) is 13.4. The molecule has 14 heteroatoms. The van der Waals surface area contributed by atoms with Crippen molar-refractivity contribution >= 4 is 26.3 Å². The monoisotopic (exact) mass is 735 g/mol. The first-order valence-corrected chi connectivity index (χ1v) is 19.1. The second kappa shape index (κ2) is 17.1. The van der Waals surface area contributed by atoms with Crippen LogP contribution in [-0.2, 0) is 17.9 Å². The number of alkyl halides is 3. The summed E-state index contributed by atoms with van der Waals surface area (Å²) in [5.74, 6) is 0.398. The first kappa shape index (κ1) is 39.2. The van der Waals surface area contributed by atoms with Crippen LogP contribution in [0.4, 0.5) is 18.9 Å². The Balaban J connectivity index is 0.000000317. The van der Waals surface area contributed by atoms with E-state index in [0.717, 1.165) is 29.7 Å². The zero-order chi connectivity index (χ0) is 37.9. The molecule has 10 nitrogen and oxygen atoms in total. The Morgan fingerprint density at radius 2 is 1.56 bits per heavy atom. The third-order valence-electron chi connectivity index (χ3n) is 8.04. The SMILES string of the molecule is CC(C)(C)[Si](C)(C)Oc1cccc(C=O)c1.O=C(O)CN(Cc1cccc(OCc2noc(-c3ccccc3)n2)c1)c1cccc(OC(F)(F)F)c1. The van der Waals surface area contributed by atoms with Gasteiger partial charge in [0.15, 0.2) is 6.61 Å². The van der Waals surface area contributed by atoms with E-state index in [4.69, 9.17) is 13.7 Å². The number of nitrogens with zero attached hydrogens (tertiary/aromatic N) is 3. The summed E-state index contributed by atoms with van der Waals surface area (Å²) < 4.78 is 58.9. The quantitative estimate of drug-likeness (QED) is 0.0925. The maximum absolute atomic E-state index is 12.6. The summed E-state index contributed by atoms with van der Waals surface area (Å²) in [6.07, 6.45) is -4.01. The Morgan fingerprint density at radius 1 is 0.885 bits per heavy atom. The Morgan fingerprint density at radius 3 is 2.23 bits per heavy atom. The van der Waals surface area contributed by atoms with Crippen LogP contribution in [0.3, 0.4) is 0 Å². The average molecular weight is 736 g/mol. The van der Waals surface area contributed by atoms with Crippen LogP contribution in [0, 0.1) is 0 Å². The van der Waals surface area contributed by atoms with Crippen molar-refractivity contribution in [3.05, 3.63) is 120 Å². The van der Waals surface area contributed by atoms with Crippen molar-refractivity contribution in [2.24, 2.45) is 0 Å². The second-order valence-electron chi connectivity index (χ2n) is 13.2. The van der Waals surface area contributed by atoms with E-state index in [1.165, 1.54) is 17.0 Å². The van der Waals surface area contributed by atoms with Crippen LogP contribution >= 0.6 is 0 Å². The van der Waals surface area contributed by atoms with Crippen LogP contribution in [0.5, 0.6) is 17.2 Å². The molecule has 0 aliphatic heterocycles. The number of hydrogen-bond acceptors (Lipinski definition) is 9. The van der Waals surface area contributed by atoms with Crippen molar-refractivity contribution in [2.45, 2.75) is 58.4 Å². The summed E-state index contributed by atoms with van der Waals surface area (Å²) in [5.41, 5.74) is 2.37. The minimum absolute atomic E-state index is 0.0372. The highest BCUT2D eigenvalue weighted by atomic mass is 28.4. The molecule has 5 rings (SSSR count). The van der Waals surface area contributed by atoms with Gasteiger partial charge in [0.1, 0.15) is 30.1 Å². The number of carbonyl (C=O) groups is 2. The van der Waals surface area contributed by atoms with E-state index >= 15 is 0 Å². The van der Waals surface area contributed by atoms with Gasteiger partial charge in [0.05, 0.1) is 0 Å². The summed E-state index contributed by atoms with van der Waals surface area (Å²) in [7, 11) is -1.80. The highest BCUT2D eigenvalue weighted by molar-refractivity contribution is 6.74. The van der Waals surface area contributed by atoms with Crippen LogP contribution in [0.2, 0.25) is 18.1 Å². The maximum Gasteiger partial charge on any atom is 0.573 e. The summed E-state index contributed by atoms with van der Waals surface area (Å²) in [4.78, 5) is 27.8. The number of anilines is 1. The number of aromatic nitrogens is 2. The number of benzene rings is 4. The summed E-state index contributed by atoms with van der Waals surface area (Å²) in [6.45, 7) is 10.7. The van der Waals surface area contributed by atoms with E-state index in [1.807, 2.05) is 42.5 Å². The van der Waals surface area contributed by atoms with E-state index in [0.29, 0.717) is 28.6 Å². The molecule has 4 aromatic carbocycles. The van der Waals surface area contributed by atoms with Gasteiger partial charge in [-0.15, -0.1) is 13.2 Å². The standard InChI is InChI=1S/C25H20F3N3O5.C13H20O2Si/c26-25(27,28)35-21-11-5-9-19(13-21)31(15-23(32)33)14-17-6-4-10-20(12-17)34-16-22-29-24(36-30-22)18-7-2-1-3-8-18;1-13(2,3)16(4,5)15-12-8-6-7-11(9-12)10-14/h1-13H,14-16H2,(H,32,33);6-10H,1-5H3. The molecule has 5 aromatic rings. The number of carboxylic acids is 1. The van der Waals surface area contributed by atoms with Crippen molar-refractivity contribution in [3.8, 4) is 28.7 Å². The highest BCUT2D eigenvalue weighted by Crippen LogP contribution is 2.37. The van der Waals surface area contributed by atoms with E-state index in [2.05, 4.69) is 48.7 Å². The fourth-order valence-electron chi connectivity index (χ4n) is 4.49. The van der Waals surface area contributed by atoms with Crippen LogP contribution in [0.1, 0.15) is 42.5 Å². The normalized spacial score (nSPS) is 11.5. The van der Waals surface area contributed by atoms with Gasteiger partial charge < -0.3 is 28.4 Å². The molecule has 0 unspecified atom stereocenters. The van der Waals surface area contributed by atoms with E-state index in [-0.39, 0.29) is 23.9 Å². The molecule has 0 atom stereocenters. The van der Waals surface area contributed by atoms with E-state index in [9.17, 15) is 27.9 Å². The van der Waals surface area contributed by atoms with Gasteiger partial charge in [0.25, 0.3) is 5.89 Å². The maximum atomic E-state index is 12.6. The molecule has 0 saturated heterocycles. The van der Waals surface area contributed by atoms with Crippen molar-refractivity contribution < 1.29 is 46.3 Å². The molecule has 0 radical (unpaired) electrons. The largest absolute Gasteiger partial charge is 0.573 e. The average Bonchev–Trinajstić information content (AvgIpc) is 3.56. The Bertz CT molecular complexity index is 1930. The van der Waals surface area contributed by atoms with Crippen LogP contribution in [0.25, 0.3) is 11.5 Å². The molecule has 0 spiro atoms. The predicted molar refractivity (Wildman–Crippen MR) is 192 cm³/mol. The number of halogens is 3. The molecular formula is C38H40F3N3O7Si. The number of aldehydes is 1. The molecule has 1 heterocycles. The van der Waals surface area contributed by atoms with E-state index < -0.39 is 32.9 Å². The predicted octanol–water partition coefficient (Wildman–Crippen LogP) is 9.19. The number of rotatable bonds is 13. The van der Waals surface area contributed by atoms with Gasteiger partial charge in [0.2, 0.25) is 14.1 Å². The molecule has 1 aromatic heterocycles. The third kappa shape index (κ3) is 12.0. The molecule has 52 heavy (non-hydrogen) atoms. The molecular weight excluding hydrogens is 696 g/mol. The molecule has 1 N–H and O–H groups in total. The van der Waals surface area contributed by atoms with Crippen molar-refractivity contribution in [1.82, 2.24) is 10.1 Å².